The van der Waals surface area contributed by atoms with Gasteiger partial charge in [0, 0.05) is 46.5 Å². The number of halogens is 1. The Morgan fingerprint density at radius 1 is 1.12 bits per heavy atom. The lowest BCUT2D eigenvalue weighted by Crippen LogP contribution is -2.39. The molecule has 1 aromatic rings. The highest BCUT2D eigenvalue weighted by molar-refractivity contribution is 14.0. The summed E-state index contributed by atoms with van der Waals surface area (Å²) in [5.74, 6) is 1.12. The van der Waals surface area contributed by atoms with Crippen molar-refractivity contribution in [3.63, 3.8) is 0 Å². The number of rotatable bonds is 7. The largest absolute Gasteiger partial charge is 0.378 e. The van der Waals surface area contributed by atoms with E-state index in [1.807, 2.05) is 14.1 Å². The summed E-state index contributed by atoms with van der Waals surface area (Å²) in [6.45, 7) is 3.91. The zero-order valence-electron chi connectivity index (χ0n) is 19.3. The molecule has 1 aromatic carbocycles. The van der Waals surface area contributed by atoms with Crippen molar-refractivity contribution in [2.75, 3.05) is 39.1 Å². The number of fused-ring (bicyclic) bond motifs is 5. The zero-order chi connectivity index (χ0) is 22.1. The quantitative estimate of drug-likeness (QED) is 0.136. The van der Waals surface area contributed by atoms with Gasteiger partial charge in [-0.05, 0) is 54.9 Å². The first-order chi connectivity index (χ1) is 14.9. The minimum Gasteiger partial charge on any atom is -0.378 e. The third kappa shape index (κ3) is 4.65. The molecule has 0 radical (unpaired) electrons. The highest BCUT2D eigenvalue weighted by Crippen LogP contribution is 2.52. The molecule has 32 heavy (non-hydrogen) atoms. The minimum atomic E-state index is -0.105. The van der Waals surface area contributed by atoms with Crippen LogP contribution in [0.25, 0.3) is 0 Å². The van der Waals surface area contributed by atoms with Crippen LogP contribution in [0.2, 0.25) is 0 Å². The molecule has 0 spiro atoms. The van der Waals surface area contributed by atoms with Crippen LogP contribution in [-0.2, 0) is 16.1 Å². The Kier molecular flexibility index (Phi) is 7.84. The SMILES string of the molecule is CN=C(NCCCN1C(=O)C2C3C=CC(C3)C2C1=O)NCc1ccc(N(C)C)cc1C.I. The number of carbonyl (C=O) groups is 2. The molecule has 4 atom stereocenters. The molecule has 7 nitrogen and oxygen atoms in total. The van der Waals surface area contributed by atoms with E-state index in [1.54, 1.807) is 7.05 Å². The summed E-state index contributed by atoms with van der Waals surface area (Å²) in [4.78, 5) is 33.4. The van der Waals surface area contributed by atoms with Crippen LogP contribution in [0.4, 0.5) is 5.69 Å². The van der Waals surface area contributed by atoms with Crippen LogP contribution in [0.5, 0.6) is 0 Å². The van der Waals surface area contributed by atoms with Crippen LogP contribution >= 0.6 is 24.0 Å². The second-order valence-electron chi connectivity index (χ2n) is 9.04. The lowest BCUT2D eigenvalue weighted by atomic mass is 9.85. The average Bonchev–Trinajstić information content (AvgIpc) is 3.43. The lowest BCUT2D eigenvalue weighted by molar-refractivity contribution is -0.140. The maximum absolute atomic E-state index is 12.7. The van der Waals surface area contributed by atoms with Crippen LogP contribution in [-0.4, -0.2) is 56.9 Å². The molecule has 0 aromatic heterocycles. The molecule has 1 heterocycles. The van der Waals surface area contributed by atoms with Gasteiger partial charge >= 0.3 is 0 Å². The van der Waals surface area contributed by atoms with Gasteiger partial charge in [0.2, 0.25) is 11.8 Å². The summed E-state index contributed by atoms with van der Waals surface area (Å²) in [5, 5.41) is 6.63. The number of anilines is 1. The molecule has 1 saturated carbocycles. The smallest absolute Gasteiger partial charge is 0.233 e. The normalized spacial score (nSPS) is 25.8. The van der Waals surface area contributed by atoms with Crippen molar-refractivity contribution in [1.29, 1.82) is 0 Å². The summed E-state index contributed by atoms with van der Waals surface area (Å²) < 4.78 is 0. The Morgan fingerprint density at radius 2 is 1.78 bits per heavy atom. The van der Waals surface area contributed by atoms with Crippen LogP contribution in [0.1, 0.15) is 24.0 Å². The number of allylic oxidation sites excluding steroid dienone is 2. The number of hydrogen-bond acceptors (Lipinski definition) is 4. The average molecular weight is 551 g/mol. The predicted molar refractivity (Wildman–Crippen MR) is 138 cm³/mol. The molecule has 4 rings (SSSR count). The van der Waals surface area contributed by atoms with Crippen molar-refractivity contribution in [3.8, 4) is 0 Å². The number of nitrogens with one attached hydrogen (secondary N) is 2. The standard InChI is InChI=1S/C24H33N5O2.HI/c1-15-12-19(28(3)4)9-8-18(15)14-27-24(25-2)26-10-5-11-29-22(30)20-16-6-7-17(13-16)21(20)23(29)31;/h6-9,12,16-17,20-21H,5,10-11,13-14H2,1-4H3,(H2,25,26,27);1H. The third-order valence-electron chi connectivity index (χ3n) is 6.93. The molecular weight excluding hydrogens is 517 g/mol. The van der Waals surface area contributed by atoms with Crippen LogP contribution < -0.4 is 15.5 Å². The molecule has 1 saturated heterocycles. The highest BCUT2D eigenvalue weighted by Gasteiger charge is 2.58. The van der Waals surface area contributed by atoms with Crippen molar-refractivity contribution in [1.82, 2.24) is 15.5 Å². The molecule has 2 amide bonds. The zero-order valence-corrected chi connectivity index (χ0v) is 21.6. The van der Waals surface area contributed by atoms with Gasteiger partial charge in [-0.1, -0.05) is 18.2 Å². The molecule has 2 aliphatic carbocycles. The number of imide groups is 1. The van der Waals surface area contributed by atoms with Crippen molar-refractivity contribution in [2.45, 2.75) is 26.3 Å². The summed E-state index contributed by atoms with van der Waals surface area (Å²) >= 11 is 0. The van der Waals surface area contributed by atoms with Crippen molar-refractivity contribution < 1.29 is 9.59 Å². The van der Waals surface area contributed by atoms with Crippen molar-refractivity contribution in [2.24, 2.45) is 28.7 Å². The number of benzene rings is 1. The number of likely N-dealkylation sites (tertiary alicyclic amines) is 1. The Morgan fingerprint density at radius 3 is 2.34 bits per heavy atom. The van der Waals surface area contributed by atoms with Gasteiger partial charge in [-0.3, -0.25) is 19.5 Å². The monoisotopic (exact) mass is 551 g/mol. The van der Waals surface area contributed by atoms with E-state index in [1.165, 1.54) is 21.7 Å². The maximum Gasteiger partial charge on any atom is 0.233 e. The number of nitrogens with zero attached hydrogens (tertiary/aromatic N) is 3. The third-order valence-corrected chi connectivity index (χ3v) is 6.93. The fourth-order valence-corrected chi connectivity index (χ4v) is 5.18. The number of carbonyl (C=O) groups excluding carboxylic acids is 2. The number of aliphatic imine (C=N–C) groups is 1. The molecule has 1 aliphatic heterocycles. The fraction of sp³-hybridized carbons (Fsp3) is 0.542. The molecule has 8 heteroatoms. The molecular formula is C24H34IN5O2. The first-order valence-electron chi connectivity index (χ1n) is 11.2. The summed E-state index contributed by atoms with van der Waals surface area (Å²) in [6.07, 6.45) is 5.94. The molecule has 4 unspecified atom stereocenters. The Bertz CT molecular complexity index is 899. The van der Waals surface area contributed by atoms with E-state index in [2.05, 4.69) is 57.8 Å². The highest BCUT2D eigenvalue weighted by atomic mass is 127. The van der Waals surface area contributed by atoms with Crippen LogP contribution in [0.3, 0.4) is 0 Å². The second kappa shape index (κ2) is 10.2. The van der Waals surface area contributed by atoms with Crippen molar-refractivity contribution in [3.05, 3.63) is 41.5 Å². The Balaban J connectivity index is 0.00000289. The van der Waals surface area contributed by atoms with Crippen molar-refractivity contribution >= 4 is 47.4 Å². The predicted octanol–water partition coefficient (Wildman–Crippen LogP) is 2.54. The van der Waals surface area contributed by atoms with E-state index in [0.29, 0.717) is 32.0 Å². The Labute approximate surface area is 207 Å². The van der Waals surface area contributed by atoms with Crippen LogP contribution in [0, 0.1) is 30.6 Å². The molecule has 174 valence electrons. The van der Waals surface area contributed by atoms with Gasteiger partial charge in [0.15, 0.2) is 5.96 Å². The first kappa shape index (κ1) is 24.5. The number of amides is 2. The van der Waals surface area contributed by atoms with E-state index in [-0.39, 0.29) is 59.5 Å². The first-order valence-corrected chi connectivity index (χ1v) is 11.2. The number of hydrogen-bond donors (Lipinski definition) is 2. The van der Waals surface area contributed by atoms with E-state index >= 15 is 0 Å². The lowest BCUT2D eigenvalue weighted by Gasteiger charge is -2.18. The summed E-state index contributed by atoms with van der Waals surface area (Å²) in [6, 6.07) is 6.42. The molecule has 2 fully saturated rings. The van der Waals surface area contributed by atoms with Gasteiger partial charge in [-0.2, -0.15) is 0 Å². The molecule has 2 bridgehead atoms. The Hall–Kier alpha value is -2.10. The van der Waals surface area contributed by atoms with Gasteiger partial charge < -0.3 is 15.5 Å². The summed E-state index contributed by atoms with van der Waals surface area (Å²) in [5.41, 5.74) is 3.63. The molecule has 3 aliphatic rings. The fourth-order valence-electron chi connectivity index (χ4n) is 5.18. The van der Waals surface area contributed by atoms with E-state index < -0.39 is 0 Å². The van der Waals surface area contributed by atoms with E-state index in [9.17, 15) is 9.59 Å². The van der Waals surface area contributed by atoms with Gasteiger partial charge in [0.05, 0.1) is 11.8 Å². The van der Waals surface area contributed by atoms with Gasteiger partial charge in [-0.15, -0.1) is 24.0 Å². The van der Waals surface area contributed by atoms with E-state index in [4.69, 9.17) is 0 Å². The van der Waals surface area contributed by atoms with Gasteiger partial charge in [0.25, 0.3) is 0 Å². The molecule has 2 N–H and O–H groups in total. The summed E-state index contributed by atoms with van der Waals surface area (Å²) in [7, 11) is 5.82. The van der Waals surface area contributed by atoms with Gasteiger partial charge in [0.1, 0.15) is 0 Å². The number of guanidine groups is 1. The topological polar surface area (TPSA) is 77.0 Å². The van der Waals surface area contributed by atoms with Gasteiger partial charge in [-0.25, -0.2) is 0 Å². The second-order valence-corrected chi connectivity index (χ2v) is 9.04. The van der Waals surface area contributed by atoms with E-state index in [0.717, 1.165) is 6.42 Å². The minimum absolute atomic E-state index is 0. The van der Waals surface area contributed by atoms with Crippen LogP contribution in [0.15, 0.2) is 35.3 Å². The number of aryl methyl sites for hydroxylation is 1. The maximum atomic E-state index is 12.7.